The number of carboxylic acid groups (broad SMARTS) is 1. The van der Waals surface area contributed by atoms with Crippen LogP contribution in [0.5, 0.6) is 0 Å². The van der Waals surface area contributed by atoms with E-state index in [1.165, 1.54) is 14.1 Å². The van der Waals surface area contributed by atoms with Crippen molar-refractivity contribution in [2.45, 2.75) is 0 Å². The molecule has 16 heavy (non-hydrogen) atoms. The number of carboxylic acids is 1. The summed E-state index contributed by atoms with van der Waals surface area (Å²) in [4.78, 5) is 10.8. The molecule has 0 aromatic carbocycles. The molecule has 0 bridgehead atoms. The Morgan fingerprint density at radius 2 is 2.12 bits per heavy atom. The smallest absolute Gasteiger partial charge is 0.310 e. The van der Waals surface area contributed by atoms with Crippen molar-refractivity contribution < 1.29 is 23.1 Å². The third kappa shape index (κ3) is 2.91. The van der Waals surface area contributed by atoms with Gasteiger partial charge < -0.3 is 9.84 Å². The van der Waals surface area contributed by atoms with E-state index >= 15 is 0 Å². The van der Waals surface area contributed by atoms with Crippen LogP contribution in [0.1, 0.15) is 0 Å². The van der Waals surface area contributed by atoms with Crippen molar-refractivity contribution in [2.24, 2.45) is 5.92 Å². The van der Waals surface area contributed by atoms with Gasteiger partial charge in [-0.2, -0.15) is 17.0 Å². The molecule has 0 unspecified atom stereocenters. The SMILES string of the molecule is CN(C)S(=O)(=O)N1CCOC[C@@H](C(=O)O)C1. The van der Waals surface area contributed by atoms with E-state index in [-0.39, 0.29) is 26.3 Å². The molecule has 0 saturated carbocycles. The molecule has 1 aliphatic rings. The lowest BCUT2D eigenvalue weighted by Crippen LogP contribution is -2.44. The molecule has 8 heteroatoms. The van der Waals surface area contributed by atoms with Crippen LogP contribution in [0.15, 0.2) is 0 Å². The number of carbonyl (C=O) groups is 1. The van der Waals surface area contributed by atoms with Gasteiger partial charge >= 0.3 is 5.97 Å². The highest BCUT2D eigenvalue weighted by molar-refractivity contribution is 7.86. The lowest BCUT2D eigenvalue weighted by molar-refractivity contribution is -0.143. The molecular formula is C8H16N2O5S. The Morgan fingerprint density at radius 1 is 1.50 bits per heavy atom. The minimum atomic E-state index is -3.57. The molecule has 1 saturated heterocycles. The number of hydrogen-bond donors (Lipinski definition) is 1. The van der Waals surface area contributed by atoms with Gasteiger partial charge in [-0.05, 0) is 0 Å². The molecule has 1 fully saturated rings. The Labute approximate surface area is 94.8 Å². The van der Waals surface area contributed by atoms with E-state index < -0.39 is 22.1 Å². The first-order valence-electron chi connectivity index (χ1n) is 4.84. The highest BCUT2D eigenvalue weighted by atomic mass is 32.2. The number of rotatable bonds is 3. The lowest BCUT2D eigenvalue weighted by atomic mass is 10.2. The van der Waals surface area contributed by atoms with E-state index in [0.29, 0.717) is 0 Å². The van der Waals surface area contributed by atoms with Gasteiger partial charge in [0, 0.05) is 27.2 Å². The molecule has 1 N–H and O–H groups in total. The summed E-state index contributed by atoms with van der Waals surface area (Å²) < 4.78 is 30.9. The summed E-state index contributed by atoms with van der Waals surface area (Å²) in [6.45, 7) is 0.409. The van der Waals surface area contributed by atoms with Gasteiger partial charge in [0.25, 0.3) is 10.2 Å². The van der Waals surface area contributed by atoms with Crippen molar-refractivity contribution in [1.82, 2.24) is 8.61 Å². The van der Waals surface area contributed by atoms with E-state index in [2.05, 4.69) is 0 Å². The van der Waals surface area contributed by atoms with Crippen molar-refractivity contribution in [3.8, 4) is 0 Å². The van der Waals surface area contributed by atoms with Gasteiger partial charge in [0.05, 0.1) is 19.1 Å². The van der Waals surface area contributed by atoms with Crippen molar-refractivity contribution in [1.29, 1.82) is 0 Å². The highest BCUT2D eigenvalue weighted by Crippen LogP contribution is 2.12. The molecule has 0 radical (unpaired) electrons. The zero-order valence-electron chi connectivity index (χ0n) is 9.29. The first-order valence-corrected chi connectivity index (χ1v) is 6.23. The molecule has 0 spiro atoms. The van der Waals surface area contributed by atoms with Gasteiger partial charge in [0.15, 0.2) is 0 Å². The predicted molar refractivity (Wildman–Crippen MR) is 56.1 cm³/mol. The predicted octanol–water partition coefficient (Wildman–Crippen LogP) is -1.17. The van der Waals surface area contributed by atoms with Gasteiger partial charge in [-0.1, -0.05) is 0 Å². The van der Waals surface area contributed by atoms with Gasteiger partial charge in [-0.3, -0.25) is 4.79 Å². The summed E-state index contributed by atoms with van der Waals surface area (Å²) in [7, 11) is -0.739. The summed E-state index contributed by atoms with van der Waals surface area (Å²) in [5.41, 5.74) is 0. The summed E-state index contributed by atoms with van der Waals surface area (Å²) in [6.07, 6.45) is 0. The summed E-state index contributed by atoms with van der Waals surface area (Å²) >= 11 is 0. The molecule has 0 aromatic heterocycles. The first kappa shape index (κ1) is 13.4. The van der Waals surface area contributed by atoms with Gasteiger partial charge in [0.1, 0.15) is 0 Å². The van der Waals surface area contributed by atoms with Crippen LogP contribution in [0.25, 0.3) is 0 Å². The second kappa shape index (κ2) is 5.09. The fraction of sp³-hybridized carbons (Fsp3) is 0.875. The molecular weight excluding hydrogens is 236 g/mol. The van der Waals surface area contributed by atoms with E-state index in [9.17, 15) is 13.2 Å². The van der Waals surface area contributed by atoms with Crippen LogP contribution < -0.4 is 0 Å². The van der Waals surface area contributed by atoms with Crippen LogP contribution in [-0.2, 0) is 19.7 Å². The fourth-order valence-corrected chi connectivity index (χ4v) is 2.51. The number of hydrogen-bond acceptors (Lipinski definition) is 4. The topological polar surface area (TPSA) is 87.2 Å². The Bertz CT molecular complexity index is 353. The van der Waals surface area contributed by atoms with E-state index in [0.717, 1.165) is 8.61 Å². The normalized spacial score (nSPS) is 24.3. The van der Waals surface area contributed by atoms with Crippen molar-refractivity contribution in [3.63, 3.8) is 0 Å². The van der Waals surface area contributed by atoms with Gasteiger partial charge in [-0.15, -0.1) is 0 Å². The fourth-order valence-electron chi connectivity index (χ4n) is 1.37. The van der Waals surface area contributed by atoms with Crippen LogP contribution in [-0.4, -0.2) is 68.5 Å². The molecule has 1 aliphatic heterocycles. The van der Waals surface area contributed by atoms with Crippen LogP contribution in [0.3, 0.4) is 0 Å². The molecule has 1 heterocycles. The van der Waals surface area contributed by atoms with Crippen LogP contribution in [0.4, 0.5) is 0 Å². The third-order valence-corrected chi connectivity index (χ3v) is 4.27. The zero-order valence-corrected chi connectivity index (χ0v) is 10.1. The maximum atomic E-state index is 11.8. The maximum absolute atomic E-state index is 11.8. The van der Waals surface area contributed by atoms with E-state index in [1.807, 2.05) is 0 Å². The average Bonchev–Trinajstić information content (AvgIpc) is 2.42. The number of nitrogens with zero attached hydrogens (tertiary/aromatic N) is 2. The Morgan fingerprint density at radius 3 is 2.62 bits per heavy atom. The standard InChI is InChI=1S/C8H16N2O5S/c1-9(2)16(13,14)10-3-4-15-6-7(5-10)8(11)12/h7H,3-6H2,1-2H3,(H,11,12)/t7-/m0/s1. The maximum Gasteiger partial charge on any atom is 0.310 e. The van der Waals surface area contributed by atoms with Gasteiger partial charge in [-0.25, -0.2) is 0 Å². The van der Waals surface area contributed by atoms with Crippen molar-refractivity contribution in [3.05, 3.63) is 0 Å². The average molecular weight is 252 g/mol. The van der Waals surface area contributed by atoms with E-state index in [1.54, 1.807) is 0 Å². The lowest BCUT2D eigenvalue weighted by Gasteiger charge is -2.24. The zero-order chi connectivity index (χ0) is 12.3. The van der Waals surface area contributed by atoms with Crippen molar-refractivity contribution in [2.75, 3.05) is 40.4 Å². The number of aliphatic carboxylic acids is 1. The molecule has 0 amide bonds. The van der Waals surface area contributed by atoms with Crippen LogP contribution >= 0.6 is 0 Å². The highest BCUT2D eigenvalue weighted by Gasteiger charge is 2.32. The largest absolute Gasteiger partial charge is 0.481 e. The van der Waals surface area contributed by atoms with Gasteiger partial charge in [0.2, 0.25) is 0 Å². The Kier molecular flexibility index (Phi) is 4.25. The number of ether oxygens (including phenoxy) is 1. The molecule has 7 nitrogen and oxygen atoms in total. The Hall–Kier alpha value is -0.700. The van der Waals surface area contributed by atoms with E-state index in [4.69, 9.17) is 9.84 Å². The minimum absolute atomic E-state index is 0.0458. The van der Waals surface area contributed by atoms with Crippen LogP contribution in [0.2, 0.25) is 0 Å². The third-order valence-electron chi connectivity index (χ3n) is 2.37. The summed E-state index contributed by atoms with van der Waals surface area (Å²) in [5.74, 6) is -1.85. The Balaban J connectivity index is 2.84. The molecule has 1 atom stereocenters. The first-order chi connectivity index (χ1) is 7.35. The quantitative estimate of drug-likeness (QED) is 0.683. The second-order valence-corrected chi connectivity index (χ2v) is 5.90. The molecule has 94 valence electrons. The summed E-state index contributed by atoms with van der Waals surface area (Å²) in [5, 5.41) is 8.87. The molecule has 0 aliphatic carbocycles. The molecule has 1 rings (SSSR count). The monoisotopic (exact) mass is 252 g/mol. The second-order valence-electron chi connectivity index (χ2n) is 3.76. The van der Waals surface area contributed by atoms with Crippen LogP contribution in [0, 0.1) is 5.92 Å². The van der Waals surface area contributed by atoms with Crippen molar-refractivity contribution >= 4 is 16.2 Å². The molecule has 0 aromatic rings. The summed E-state index contributed by atoms with van der Waals surface area (Å²) in [6, 6.07) is 0. The minimum Gasteiger partial charge on any atom is -0.481 e.